The van der Waals surface area contributed by atoms with Crippen LogP contribution in [0.5, 0.6) is 5.75 Å². The summed E-state index contributed by atoms with van der Waals surface area (Å²) in [6.07, 6.45) is 1.36. The summed E-state index contributed by atoms with van der Waals surface area (Å²) in [5.41, 5.74) is 0.00974. The first kappa shape index (κ1) is 14.4. The van der Waals surface area contributed by atoms with Crippen molar-refractivity contribution in [2.24, 2.45) is 0 Å². The predicted octanol–water partition coefficient (Wildman–Crippen LogP) is 3.17. The van der Waals surface area contributed by atoms with E-state index in [1.165, 1.54) is 6.20 Å². The number of anilines is 1. The molecule has 1 heterocycles. The molecule has 0 saturated heterocycles. The molecule has 0 saturated carbocycles. The number of nitrogens with one attached hydrogen (secondary N) is 2. The minimum absolute atomic E-state index is 0.0850. The summed E-state index contributed by atoms with van der Waals surface area (Å²) in [7, 11) is 0. The number of alkyl halides is 2. The number of carbonyl (C=O) groups excluding carboxylic acids is 1. The number of rotatable bonds is 4. The second-order valence-corrected chi connectivity index (χ2v) is 4.42. The first-order valence-corrected chi connectivity index (χ1v) is 6.01. The maximum atomic E-state index is 13.0. The smallest absolute Gasteiger partial charge is 0.387 e. The molecule has 0 bridgehead atoms. The molecule has 0 radical (unpaired) electrons. The van der Waals surface area contributed by atoms with Crippen molar-refractivity contribution in [1.82, 2.24) is 10.2 Å². The van der Waals surface area contributed by atoms with Gasteiger partial charge in [-0.2, -0.15) is 13.9 Å². The van der Waals surface area contributed by atoms with E-state index in [9.17, 15) is 18.0 Å². The van der Waals surface area contributed by atoms with Gasteiger partial charge in [0, 0.05) is 6.07 Å². The second-order valence-electron chi connectivity index (χ2n) is 3.57. The maximum absolute atomic E-state index is 13.0. The summed E-state index contributed by atoms with van der Waals surface area (Å²) in [6.45, 7) is -3.13. The summed E-state index contributed by atoms with van der Waals surface area (Å²) in [5.74, 6) is -1.87. The first-order valence-electron chi connectivity index (χ1n) is 5.22. The quantitative estimate of drug-likeness (QED) is 0.890. The Labute approximate surface area is 119 Å². The summed E-state index contributed by atoms with van der Waals surface area (Å²) in [6, 6.07) is 2.88. The molecular weight excluding hydrogens is 343 g/mol. The van der Waals surface area contributed by atoms with Crippen molar-refractivity contribution in [3.63, 3.8) is 0 Å². The van der Waals surface area contributed by atoms with Crippen LogP contribution in [0, 0.1) is 5.82 Å². The van der Waals surface area contributed by atoms with Crippen molar-refractivity contribution < 1.29 is 22.7 Å². The molecule has 0 aliphatic carbocycles. The highest BCUT2D eigenvalue weighted by Crippen LogP contribution is 2.28. The average Bonchev–Trinajstić information content (AvgIpc) is 2.78. The number of H-pyrrole nitrogens is 1. The van der Waals surface area contributed by atoms with Gasteiger partial charge in [-0.25, -0.2) is 4.39 Å². The van der Waals surface area contributed by atoms with E-state index in [0.717, 1.165) is 18.2 Å². The van der Waals surface area contributed by atoms with Gasteiger partial charge in [0.2, 0.25) is 0 Å². The van der Waals surface area contributed by atoms with E-state index < -0.39 is 24.1 Å². The lowest BCUT2D eigenvalue weighted by Gasteiger charge is -2.11. The van der Waals surface area contributed by atoms with E-state index in [4.69, 9.17) is 0 Å². The predicted molar refractivity (Wildman–Crippen MR) is 67.3 cm³/mol. The van der Waals surface area contributed by atoms with Crippen LogP contribution in [0.1, 0.15) is 10.5 Å². The molecule has 20 heavy (non-hydrogen) atoms. The lowest BCUT2D eigenvalue weighted by atomic mass is 10.2. The van der Waals surface area contributed by atoms with Crippen LogP contribution in [0.15, 0.2) is 28.9 Å². The van der Waals surface area contributed by atoms with Crippen molar-refractivity contribution in [1.29, 1.82) is 0 Å². The minimum atomic E-state index is -3.13. The van der Waals surface area contributed by atoms with Gasteiger partial charge in [-0.15, -0.1) is 0 Å². The Bertz CT molecular complexity index is 633. The van der Waals surface area contributed by atoms with Crippen molar-refractivity contribution in [2.75, 3.05) is 5.32 Å². The number of carbonyl (C=O) groups is 1. The van der Waals surface area contributed by atoms with Crippen LogP contribution in [-0.4, -0.2) is 22.7 Å². The Hall–Kier alpha value is -2.03. The van der Waals surface area contributed by atoms with Gasteiger partial charge in [-0.05, 0) is 28.1 Å². The molecular formula is C11H7BrF3N3O2. The highest BCUT2D eigenvalue weighted by atomic mass is 79.9. The molecule has 0 unspecified atom stereocenters. The lowest BCUT2D eigenvalue weighted by Crippen LogP contribution is -2.15. The number of aromatic nitrogens is 2. The number of benzene rings is 1. The standard InChI is InChI=1S/C11H7BrF3N3O2/c12-6-4-16-18-9(6)10(19)17-7-2-1-5(13)3-8(7)20-11(14)15/h1-4,11H,(H,16,18)(H,17,19). The van der Waals surface area contributed by atoms with Gasteiger partial charge in [0.1, 0.15) is 11.5 Å². The van der Waals surface area contributed by atoms with Crippen LogP contribution in [0.4, 0.5) is 18.9 Å². The van der Waals surface area contributed by atoms with Gasteiger partial charge in [-0.1, -0.05) is 0 Å². The number of aromatic amines is 1. The molecule has 9 heteroatoms. The molecule has 5 nitrogen and oxygen atoms in total. The molecule has 0 atom stereocenters. The highest BCUT2D eigenvalue weighted by molar-refractivity contribution is 9.10. The zero-order valence-corrected chi connectivity index (χ0v) is 11.2. The van der Waals surface area contributed by atoms with Crippen molar-refractivity contribution in [2.45, 2.75) is 6.61 Å². The number of halogens is 4. The lowest BCUT2D eigenvalue weighted by molar-refractivity contribution is -0.0495. The van der Waals surface area contributed by atoms with E-state index >= 15 is 0 Å². The van der Waals surface area contributed by atoms with Gasteiger partial charge in [0.15, 0.2) is 5.75 Å². The summed E-state index contributed by atoms with van der Waals surface area (Å²) < 4.78 is 42.0. The van der Waals surface area contributed by atoms with E-state index in [-0.39, 0.29) is 11.4 Å². The Morgan fingerprint density at radius 1 is 1.45 bits per heavy atom. The van der Waals surface area contributed by atoms with Crippen LogP contribution in [0.25, 0.3) is 0 Å². The van der Waals surface area contributed by atoms with E-state index in [2.05, 4.69) is 36.2 Å². The monoisotopic (exact) mass is 349 g/mol. The number of ether oxygens (including phenoxy) is 1. The van der Waals surface area contributed by atoms with Crippen molar-refractivity contribution in [3.8, 4) is 5.75 Å². The van der Waals surface area contributed by atoms with Gasteiger partial charge >= 0.3 is 6.61 Å². The van der Waals surface area contributed by atoms with Crippen LogP contribution in [0.2, 0.25) is 0 Å². The second kappa shape index (κ2) is 5.95. The Morgan fingerprint density at radius 2 is 2.20 bits per heavy atom. The number of amides is 1. The third kappa shape index (κ3) is 3.29. The SMILES string of the molecule is O=C(Nc1ccc(F)cc1OC(F)F)c1[nH]ncc1Br. The molecule has 0 aliphatic rings. The molecule has 0 spiro atoms. The van der Waals surface area contributed by atoms with Crippen molar-refractivity contribution in [3.05, 3.63) is 40.4 Å². The number of hydrogen-bond donors (Lipinski definition) is 2. The largest absolute Gasteiger partial charge is 0.432 e. The Balaban J connectivity index is 2.25. The van der Waals surface area contributed by atoms with Crippen LogP contribution < -0.4 is 10.1 Å². The van der Waals surface area contributed by atoms with Crippen LogP contribution in [0.3, 0.4) is 0 Å². The fourth-order valence-electron chi connectivity index (χ4n) is 1.41. The topological polar surface area (TPSA) is 67.0 Å². The van der Waals surface area contributed by atoms with Gasteiger partial charge < -0.3 is 10.1 Å². The molecule has 1 amide bonds. The molecule has 0 aliphatic heterocycles. The molecule has 2 N–H and O–H groups in total. The third-order valence-corrected chi connectivity index (χ3v) is 2.83. The number of nitrogens with zero attached hydrogens (tertiary/aromatic N) is 1. The van der Waals surface area contributed by atoms with E-state index in [1.807, 2.05) is 0 Å². The summed E-state index contributed by atoms with van der Waals surface area (Å²) in [5, 5.41) is 8.37. The highest BCUT2D eigenvalue weighted by Gasteiger charge is 2.16. The molecule has 2 rings (SSSR count). The molecule has 1 aromatic heterocycles. The molecule has 106 valence electrons. The zero-order valence-electron chi connectivity index (χ0n) is 9.66. The Kier molecular flexibility index (Phi) is 4.28. The average molecular weight is 350 g/mol. The minimum Gasteiger partial charge on any atom is -0.432 e. The van der Waals surface area contributed by atoms with E-state index in [1.54, 1.807) is 0 Å². The van der Waals surface area contributed by atoms with Crippen molar-refractivity contribution >= 4 is 27.5 Å². The van der Waals surface area contributed by atoms with Gasteiger partial charge in [0.25, 0.3) is 5.91 Å². The van der Waals surface area contributed by atoms with E-state index in [0.29, 0.717) is 4.47 Å². The maximum Gasteiger partial charge on any atom is 0.387 e. The molecule has 1 aromatic carbocycles. The van der Waals surface area contributed by atoms with Crippen LogP contribution in [-0.2, 0) is 0 Å². The molecule has 2 aromatic rings. The van der Waals surface area contributed by atoms with Gasteiger partial charge in [-0.3, -0.25) is 9.89 Å². The molecule has 0 fully saturated rings. The number of hydrogen-bond acceptors (Lipinski definition) is 3. The fraction of sp³-hybridized carbons (Fsp3) is 0.0909. The Morgan fingerprint density at radius 3 is 2.80 bits per heavy atom. The zero-order chi connectivity index (χ0) is 14.7. The fourth-order valence-corrected chi connectivity index (χ4v) is 1.78. The van der Waals surface area contributed by atoms with Gasteiger partial charge in [0.05, 0.1) is 16.4 Å². The third-order valence-electron chi connectivity index (χ3n) is 2.23. The van der Waals surface area contributed by atoms with Crippen LogP contribution >= 0.6 is 15.9 Å². The summed E-state index contributed by atoms with van der Waals surface area (Å²) >= 11 is 3.08. The summed E-state index contributed by atoms with van der Waals surface area (Å²) in [4.78, 5) is 11.9. The normalized spacial score (nSPS) is 10.7. The first-order chi connectivity index (χ1) is 9.47.